The first kappa shape index (κ1) is 12.0. The summed E-state index contributed by atoms with van der Waals surface area (Å²) < 4.78 is 0. The van der Waals surface area contributed by atoms with Gasteiger partial charge in [0.1, 0.15) is 0 Å². The molecule has 2 heterocycles. The molecule has 1 aromatic carbocycles. The highest BCUT2D eigenvalue weighted by atomic mass is 15.3. The molecular formula is C16H24N2. The van der Waals surface area contributed by atoms with Gasteiger partial charge < -0.3 is 4.90 Å². The summed E-state index contributed by atoms with van der Waals surface area (Å²) in [6, 6.07) is 7.80. The van der Waals surface area contributed by atoms with E-state index in [1.54, 1.807) is 0 Å². The fraction of sp³-hybridized carbons (Fsp3) is 0.625. The van der Waals surface area contributed by atoms with E-state index in [4.69, 9.17) is 0 Å². The van der Waals surface area contributed by atoms with E-state index in [0.29, 0.717) is 0 Å². The molecule has 18 heavy (non-hydrogen) atoms. The van der Waals surface area contributed by atoms with Crippen LogP contribution in [-0.2, 0) is 6.42 Å². The summed E-state index contributed by atoms with van der Waals surface area (Å²) in [6.45, 7) is 9.47. The Morgan fingerprint density at radius 1 is 1.22 bits per heavy atom. The number of fused-ring (bicyclic) bond motifs is 1. The lowest BCUT2D eigenvalue weighted by Crippen LogP contribution is -2.50. The minimum atomic E-state index is 0.810. The van der Waals surface area contributed by atoms with Gasteiger partial charge in [0.05, 0.1) is 0 Å². The average Bonchev–Trinajstić information content (AvgIpc) is 2.86. The zero-order valence-corrected chi connectivity index (χ0v) is 11.7. The molecule has 1 unspecified atom stereocenters. The summed E-state index contributed by atoms with van der Waals surface area (Å²) in [5, 5.41) is 0. The maximum atomic E-state index is 2.67. The van der Waals surface area contributed by atoms with Crippen molar-refractivity contribution in [1.29, 1.82) is 0 Å². The van der Waals surface area contributed by atoms with Crippen molar-refractivity contribution >= 4 is 5.69 Å². The first-order chi connectivity index (χ1) is 8.78. The van der Waals surface area contributed by atoms with Gasteiger partial charge in [-0.05, 0) is 56.0 Å². The van der Waals surface area contributed by atoms with Crippen LogP contribution in [0.2, 0.25) is 0 Å². The van der Waals surface area contributed by atoms with Crippen LogP contribution in [0.1, 0.15) is 30.9 Å². The van der Waals surface area contributed by atoms with E-state index in [-0.39, 0.29) is 0 Å². The molecule has 0 spiro atoms. The lowest BCUT2D eigenvalue weighted by atomic mass is 10.0. The molecule has 0 amide bonds. The number of hydrogen-bond donors (Lipinski definition) is 0. The number of hydrogen-bond acceptors (Lipinski definition) is 2. The van der Waals surface area contributed by atoms with Crippen molar-refractivity contribution in [3.8, 4) is 0 Å². The van der Waals surface area contributed by atoms with Crippen LogP contribution in [0.15, 0.2) is 18.2 Å². The normalized spacial score (nSPS) is 24.3. The van der Waals surface area contributed by atoms with Crippen LogP contribution in [0.25, 0.3) is 0 Å². The molecule has 0 bridgehead atoms. The van der Waals surface area contributed by atoms with Crippen LogP contribution in [0.5, 0.6) is 0 Å². The summed E-state index contributed by atoms with van der Waals surface area (Å²) >= 11 is 0. The molecule has 98 valence electrons. The minimum Gasteiger partial charge on any atom is -0.369 e. The Hall–Kier alpha value is -1.02. The average molecular weight is 244 g/mol. The maximum absolute atomic E-state index is 2.67. The quantitative estimate of drug-likeness (QED) is 0.789. The summed E-state index contributed by atoms with van der Waals surface area (Å²) in [7, 11) is 0. The van der Waals surface area contributed by atoms with E-state index in [1.165, 1.54) is 55.8 Å². The molecule has 0 aliphatic carbocycles. The van der Waals surface area contributed by atoms with Gasteiger partial charge in [0, 0.05) is 31.4 Å². The third-order valence-corrected chi connectivity index (χ3v) is 4.67. The molecule has 2 aliphatic heterocycles. The molecule has 1 aromatic rings. The van der Waals surface area contributed by atoms with Crippen molar-refractivity contribution in [3.05, 3.63) is 29.3 Å². The Morgan fingerprint density at radius 2 is 2.11 bits per heavy atom. The predicted molar refractivity (Wildman–Crippen MR) is 77.4 cm³/mol. The summed E-state index contributed by atoms with van der Waals surface area (Å²) in [5.74, 6) is 0. The van der Waals surface area contributed by atoms with Gasteiger partial charge in [-0.3, -0.25) is 4.90 Å². The smallest absolute Gasteiger partial charge is 0.0370 e. The lowest BCUT2D eigenvalue weighted by molar-refractivity contribution is 0.231. The second-order valence-electron chi connectivity index (χ2n) is 5.74. The van der Waals surface area contributed by atoms with Crippen molar-refractivity contribution in [1.82, 2.24) is 4.90 Å². The molecule has 1 atom stereocenters. The first-order valence-corrected chi connectivity index (χ1v) is 7.36. The van der Waals surface area contributed by atoms with Crippen molar-refractivity contribution in [2.24, 2.45) is 0 Å². The Morgan fingerprint density at radius 3 is 2.94 bits per heavy atom. The van der Waals surface area contributed by atoms with Crippen molar-refractivity contribution < 1.29 is 0 Å². The summed E-state index contributed by atoms with van der Waals surface area (Å²) in [4.78, 5) is 5.26. The van der Waals surface area contributed by atoms with E-state index in [2.05, 4.69) is 41.8 Å². The Labute approximate surface area is 111 Å². The van der Waals surface area contributed by atoms with E-state index in [9.17, 15) is 0 Å². The third-order valence-electron chi connectivity index (χ3n) is 4.67. The monoisotopic (exact) mass is 244 g/mol. The molecule has 3 rings (SSSR count). The van der Waals surface area contributed by atoms with Crippen LogP contribution in [0, 0.1) is 6.92 Å². The molecule has 2 nitrogen and oxygen atoms in total. The van der Waals surface area contributed by atoms with Gasteiger partial charge in [0.25, 0.3) is 0 Å². The molecule has 0 aromatic heterocycles. The Kier molecular flexibility index (Phi) is 3.29. The molecular weight excluding hydrogens is 220 g/mol. The molecule has 0 N–H and O–H groups in total. The van der Waals surface area contributed by atoms with E-state index >= 15 is 0 Å². The fourth-order valence-corrected chi connectivity index (χ4v) is 3.46. The van der Waals surface area contributed by atoms with Crippen LogP contribution in [0.3, 0.4) is 0 Å². The van der Waals surface area contributed by atoms with Gasteiger partial charge in [-0.15, -0.1) is 0 Å². The van der Waals surface area contributed by atoms with Crippen LogP contribution < -0.4 is 4.90 Å². The van der Waals surface area contributed by atoms with Crippen molar-refractivity contribution in [2.75, 3.05) is 31.1 Å². The zero-order valence-electron chi connectivity index (χ0n) is 11.7. The first-order valence-electron chi connectivity index (χ1n) is 7.36. The highest BCUT2D eigenvalue weighted by Crippen LogP contribution is 2.26. The Bertz CT molecular complexity index is 427. The predicted octanol–water partition coefficient (Wildman–Crippen LogP) is 2.84. The van der Waals surface area contributed by atoms with Gasteiger partial charge in [0.2, 0.25) is 0 Å². The molecule has 2 aliphatic rings. The molecule has 2 heteroatoms. The number of anilines is 1. The molecule has 0 radical (unpaired) electrons. The molecule has 2 fully saturated rings. The lowest BCUT2D eigenvalue weighted by Gasteiger charge is -2.39. The summed E-state index contributed by atoms with van der Waals surface area (Å²) in [6.07, 6.45) is 3.93. The van der Waals surface area contributed by atoms with Crippen LogP contribution in [-0.4, -0.2) is 37.1 Å². The standard InChI is InChI=1S/C16H24N2/c1-3-14-11-15(7-6-13(14)2)18-10-9-17-8-4-5-16(17)12-18/h6-7,11,16H,3-5,8-10,12H2,1-2H3. The van der Waals surface area contributed by atoms with Crippen molar-refractivity contribution in [2.45, 2.75) is 39.2 Å². The SMILES string of the molecule is CCc1cc(N2CCN3CCCC3C2)ccc1C. The van der Waals surface area contributed by atoms with Gasteiger partial charge in [0.15, 0.2) is 0 Å². The molecule has 0 saturated carbocycles. The van der Waals surface area contributed by atoms with Crippen LogP contribution in [0.4, 0.5) is 5.69 Å². The second kappa shape index (κ2) is 4.93. The third kappa shape index (κ3) is 2.14. The number of aryl methyl sites for hydroxylation is 2. The van der Waals surface area contributed by atoms with Crippen molar-refractivity contribution in [3.63, 3.8) is 0 Å². The van der Waals surface area contributed by atoms with E-state index < -0.39 is 0 Å². The van der Waals surface area contributed by atoms with Gasteiger partial charge in [-0.2, -0.15) is 0 Å². The topological polar surface area (TPSA) is 6.48 Å². The van der Waals surface area contributed by atoms with E-state index in [0.717, 1.165) is 12.5 Å². The minimum absolute atomic E-state index is 0.810. The van der Waals surface area contributed by atoms with E-state index in [1.807, 2.05) is 0 Å². The number of benzene rings is 1. The van der Waals surface area contributed by atoms with Gasteiger partial charge >= 0.3 is 0 Å². The fourth-order valence-electron chi connectivity index (χ4n) is 3.46. The van der Waals surface area contributed by atoms with Gasteiger partial charge in [-0.25, -0.2) is 0 Å². The highest BCUT2D eigenvalue weighted by Gasteiger charge is 2.30. The van der Waals surface area contributed by atoms with Gasteiger partial charge in [-0.1, -0.05) is 13.0 Å². The summed E-state index contributed by atoms with van der Waals surface area (Å²) in [5.41, 5.74) is 4.37. The highest BCUT2D eigenvalue weighted by molar-refractivity contribution is 5.51. The Balaban J connectivity index is 1.78. The zero-order chi connectivity index (χ0) is 12.5. The molecule has 2 saturated heterocycles. The largest absolute Gasteiger partial charge is 0.369 e. The number of piperazine rings is 1. The maximum Gasteiger partial charge on any atom is 0.0370 e. The second-order valence-corrected chi connectivity index (χ2v) is 5.74. The number of nitrogens with zero attached hydrogens (tertiary/aromatic N) is 2. The number of rotatable bonds is 2. The van der Waals surface area contributed by atoms with Crippen LogP contribution >= 0.6 is 0 Å².